The largest absolute Gasteiger partial charge is 0.392 e. The zero-order valence-electron chi connectivity index (χ0n) is 22.0. The lowest BCUT2D eigenvalue weighted by Gasteiger charge is -2.36. The zero-order chi connectivity index (χ0) is 27.3. The van der Waals surface area contributed by atoms with Gasteiger partial charge in [-0.3, -0.25) is 4.79 Å². The summed E-state index contributed by atoms with van der Waals surface area (Å²) in [5, 5.41) is 12.4. The van der Waals surface area contributed by atoms with Crippen LogP contribution in [-0.4, -0.2) is 26.7 Å². The standard InChI is InChI=1S/C33H31N3O4/c37-21-24-12-14-25(15-13-24)31-18-28(20-36-22-35-29-8-4-5-9-30(29)36)39-33(40-31)27-16-10-23(11-17-27)19-34-32(38)26-6-2-1-3-7-26/h1-17,22,28,31,33,37H,18-21H2,(H,34,38)/t28-,31+,33+/m0/s1. The molecular formula is C33H31N3O4. The minimum atomic E-state index is -0.552. The van der Waals surface area contributed by atoms with E-state index < -0.39 is 6.29 Å². The van der Waals surface area contributed by atoms with E-state index in [2.05, 4.69) is 20.9 Å². The van der Waals surface area contributed by atoms with Crippen molar-refractivity contribution in [2.45, 2.75) is 44.6 Å². The smallest absolute Gasteiger partial charge is 0.251 e. The Hall–Kier alpha value is -4.30. The minimum absolute atomic E-state index is 0.00597. The highest BCUT2D eigenvalue weighted by Crippen LogP contribution is 2.38. The van der Waals surface area contributed by atoms with Crippen molar-refractivity contribution in [3.05, 3.63) is 137 Å². The maximum Gasteiger partial charge on any atom is 0.251 e. The first kappa shape index (κ1) is 26.0. The SMILES string of the molecule is O=C(NCc1ccc([C@@H]2O[C@H](Cn3cnc4ccccc43)C[C@H](c3ccc(CO)cc3)O2)cc1)c1ccccc1. The first-order valence-corrected chi connectivity index (χ1v) is 13.5. The number of hydrogen-bond acceptors (Lipinski definition) is 5. The van der Waals surface area contributed by atoms with E-state index in [9.17, 15) is 9.90 Å². The number of carbonyl (C=O) groups is 1. The predicted octanol–water partition coefficient (Wildman–Crippen LogP) is 5.70. The van der Waals surface area contributed by atoms with Gasteiger partial charge in [-0.2, -0.15) is 0 Å². The average Bonchev–Trinajstić information content (AvgIpc) is 3.43. The number of nitrogens with one attached hydrogen (secondary N) is 1. The molecule has 202 valence electrons. The van der Waals surface area contributed by atoms with E-state index in [1.807, 2.05) is 91.3 Å². The van der Waals surface area contributed by atoms with Crippen LogP contribution in [0.2, 0.25) is 0 Å². The van der Waals surface area contributed by atoms with Gasteiger partial charge < -0.3 is 24.5 Å². The van der Waals surface area contributed by atoms with Gasteiger partial charge >= 0.3 is 0 Å². The highest BCUT2D eigenvalue weighted by Gasteiger charge is 2.32. The molecule has 0 radical (unpaired) electrons. The van der Waals surface area contributed by atoms with Gasteiger partial charge in [0.25, 0.3) is 5.91 Å². The molecule has 0 spiro atoms. The molecule has 1 aliphatic heterocycles. The highest BCUT2D eigenvalue weighted by molar-refractivity contribution is 5.94. The Morgan fingerprint density at radius 2 is 1.55 bits per heavy atom. The molecular weight excluding hydrogens is 502 g/mol. The second-order valence-electron chi connectivity index (χ2n) is 10.0. The van der Waals surface area contributed by atoms with Crippen molar-refractivity contribution in [3.63, 3.8) is 0 Å². The summed E-state index contributed by atoms with van der Waals surface area (Å²) >= 11 is 0. The summed E-state index contributed by atoms with van der Waals surface area (Å²) in [6.07, 6.45) is 1.72. The number of aliphatic hydroxyl groups is 1. The van der Waals surface area contributed by atoms with Crippen LogP contribution in [0.3, 0.4) is 0 Å². The molecule has 1 amide bonds. The normalized spacial score (nSPS) is 19.0. The number of ether oxygens (including phenoxy) is 2. The van der Waals surface area contributed by atoms with E-state index in [-0.39, 0.29) is 24.7 Å². The Morgan fingerprint density at radius 1 is 0.850 bits per heavy atom. The number of hydrogen-bond donors (Lipinski definition) is 2. The quantitative estimate of drug-likeness (QED) is 0.267. The van der Waals surface area contributed by atoms with Gasteiger partial charge in [0.2, 0.25) is 0 Å². The molecule has 3 atom stereocenters. The molecule has 0 aliphatic carbocycles. The number of aliphatic hydroxyl groups excluding tert-OH is 1. The molecule has 1 aromatic heterocycles. The van der Waals surface area contributed by atoms with E-state index in [0.717, 1.165) is 33.3 Å². The third-order valence-corrected chi connectivity index (χ3v) is 7.28. The molecule has 1 aliphatic rings. The first-order valence-electron chi connectivity index (χ1n) is 13.5. The number of imidazole rings is 1. The van der Waals surface area contributed by atoms with E-state index in [1.54, 1.807) is 12.1 Å². The molecule has 5 aromatic rings. The lowest BCUT2D eigenvalue weighted by Crippen LogP contribution is -2.32. The van der Waals surface area contributed by atoms with Gasteiger partial charge in [-0.1, -0.05) is 78.9 Å². The van der Waals surface area contributed by atoms with Gasteiger partial charge in [-0.15, -0.1) is 0 Å². The summed E-state index contributed by atoms with van der Waals surface area (Å²) in [4.78, 5) is 17.0. The minimum Gasteiger partial charge on any atom is -0.392 e. The van der Waals surface area contributed by atoms with Crippen LogP contribution in [0.5, 0.6) is 0 Å². The van der Waals surface area contributed by atoms with E-state index >= 15 is 0 Å². The Bertz CT molecular complexity index is 1570. The van der Waals surface area contributed by atoms with Crippen molar-refractivity contribution in [1.29, 1.82) is 0 Å². The molecule has 6 rings (SSSR count). The highest BCUT2D eigenvalue weighted by atomic mass is 16.7. The van der Waals surface area contributed by atoms with E-state index in [4.69, 9.17) is 9.47 Å². The van der Waals surface area contributed by atoms with Crippen LogP contribution in [0, 0.1) is 0 Å². The Balaban J connectivity index is 1.19. The van der Waals surface area contributed by atoms with Crippen molar-refractivity contribution in [2.75, 3.05) is 0 Å². The number of para-hydroxylation sites is 2. The van der Waals surface area contributed by atoms with Crippen LogP contribution < -0.4 is 5.32 Å². The number of aromatic nitrogens is 2. The molecule has 0 bridgehead atoms. The van der Waals surface area contributed by atoms with E-state index in [0.29, 0.717) is 25.1 Å². The van der Waals surface area contributed by atoms with Crippen LogP contribution in [0.15, 0.2) is 109 Å². The van der Waals surface area contributed by atoms with Crippen LogP contribution in [0.25, 0.3) is 11.0 Å². The molecule has 0 saturated carbocycles. The van der Waals surface area contributed by atoms with Crippen molar-refractivity contribution in [2.24, 2.45) is 0 Å². The molecule has 1 fully saturated rings. The Labute approximate surface area is 233 Å². The van der Waals surface area contributed by atoms with Gasteiger partial charge in [-0.05, 0) is 41.0 Å². The Morgan fingerprint density at radius 3 is 2.33 bits per heavy atom. The Kier molecular flexibility index (Phi) is 7.68. The maximum atomic E-state index is 12.4. The number of benzene rings is 4. The van der Waals surface area contributed by atoms with Gasteiger partial charge in [0.15, 0.2) is 6.29 Å². The lowest BCUT2D eigenvalue weighted by atomic mass is 9.99. The first-order chi connectivity index (χ1) is 19.7. The molecule has 0 unspecified atom stereocenters. The molecule has 1 saturated heterocycles. The van der Waals surface area contributed by atoms with Gasteiger partial charge in [0, 0.05) is 24.1 Å². The van der Waals surface area contributed by atoms with Crippen molar-refractivity contribution in [1.82, 2.24) is 14.9 Å². The second kappa shape index (κ2) is 11.8. The number of rotatable bonds is 8. The summed E-state index contributed by atoms with van der Waals surface area (Å²) in [6.45, 7) is 1.08. The zero-order valence-corrected chi connectivity index (χ0v) is 22.0. The fourth-order valence-electron chi connectivity index (χ4n) is 5.07. The summed E-state index contributed by atoms with van der Waals surface area (Å²) in [5.41, 5.74) is 6.47. The van der Waals surface area contributed by atoms with Crippen molar-refractivity contribution >= 4 is 16.9 Å². The molecule has 2 heterocycles. The average molecular weight is 534 g/mol. The summed E-state index contributed by atoms with van der Waals surface area (Å²) in [7, 11) is 0. The van der Waals surface area contributed by atoms with Crippen molar-refractivity contribution in [3.8, 4) is 0 Å². The topological polar surface area (TPSA) is 85.6 Å². The van der Waals surface area contributed by atoms with Crippen LogP contribution in [-0.2, 0) is 29.2 Å². The summed E-state index contributed by atoms with van der Waals surface area (Å²) in [6, 6.07) is 33.1. The molecule has 40 heavy (non-hydrogen) atoms. The van der Waals surface area contributed by atoms with Crippen LogP contribution in [0.1, 0.15) is 51.4 Å². The number of nitrogens with zero attached hydrogens (tertiary/aromatic N) is 2. The van der Waals surface area contributed by atoms with Gasteiger partial charge in [-0.25, -0.2) is 4.98 Å². The van der Waals surface area contributed by atoms with Gasteiger partial charge in [0.1, 0.15) is 0 Å². The molecule has 4 aromatic carbocycles. The summed E-state index contributed by atoms with van der Waals surface area (Å²) in [5.74, 6) is -0.103. The van der Waals surface area contributed by atoms with Crippen molar-refractivity contribution < 1.29 is 19.4 Å². The van der Waals surface area contributed by atoms with Gasteiger partial charge in [0.05, 0.1) is 42.7 Å². The predicted molar refractivity (Wildman–Crippen MR) is 152 cm³/mol. The maximum absolute atomic E-state index is 12.4. The molecule has 7 heteroatoms. The number of carbonyl (C=O) groups excluding carboxylic acids is 1. The molecule has 7 nitrogen and oxygen atoms in total. The lowest BCUT2D eigenvalue weighted by molar-refractivity contribution is -0.252. The fourth-order valence-corrected chi connectivity index (χ4v) is 5.07. The second-order valence-corrected chi connectivity index (χ2v) is 10.0. The molecule has 2 N–H and O–H groups in total. The number of fused-ring (bicyclic) bond motifs is 1. The third kappa shape index (κ3) is 5.82. The third-order valence-electron chi connectivity index (χ3n) is 7.28. The summed E-state index contributed by atoms with van der Waals surface area (Å²) < 4.78 is 15.1. The van der Waals surface area contributed by atoms with Crippen LogP contribution >= 0.6 is 0 Å². The monoisotopic (exact) mass is 533 g/mol. The number of amides is 1. The van der Waals surface area contributed by atoms with E-state index in [1.165, 1.54) is 0 Å². The van der Waals surface area contributed by atoms with Crippen LogP contribution in [0.4, 0.5) is 0 Å². The fraction of sp³-hybridized carbons (Fsp3) is 0.212.